The number of nitrogens with zero attached hydrogens (tertiary/aromatic N) is 2. The largest absolute Gasteiger partial charge is 0.359 e. The Morgan fingerprint density at radius 1 is 1.44 bits per heavy atom. The van der Waals surface area contributed by atoms with Gasteiger partial charge < -0.3 is 9.42 Å². The smallest absolute Gasteiger partial charge is 0.225 e. The van der Waals surface area contributed by atoms with Crippen molar-refractivity contribution < 1.29 is 9.32 Å². The van der Waals surface area contributed by atoms with Crippen molar-refractivity contribution in [2.75, 3.05) is 6.54 Å². The van der Waals surface area contributed by atoms with E-state index in [1.165, 1.54) is 0 Å². The van der Waals surface area contributed by atoms with Crippen molar-refractivity contribution in [3.63, 3.8) is 0 Å². The van der Waals surface area contributed by atoms with Crippen LogP contribution in [0.2, 0.25) is 0 Å². The molecule has 0 N–H and O–H groups in total. The standard InChI is InChI=1S/C14H22N2O2/c1-9(2)11-8-13(18-15-11)12-6-5-7-16(12)14(17)10(3)4/h8-10,12H,5-7H2,1-4H3. The second-order valence-electron chi connectivity index (χ2n) is 5.65. The van der Waals surface area contributed by atoms with Gasteiger partial charge in [0, 0.05) is 18.5 Å². The minimum absolute atomic E-state index is 0.0399. The van der Waals surface area contributed by atoms with Gasteiger partial charge in [0.25, 0.3) is 0 Å². The number of carbonyl (C=O) groups is 1. The molecule has 100 valence electrons. The molecule has 18 heavy (non-hydrogen) atoms. The van der Waals surface area contributed by atoms with Crippen molar-refractivity contribution in [2.45, 2.75) is 52.5 Å². The second-order valence-corrected chi connectivity index (χ2v) is 5.65. The molecule has 1 aliphatic heterocycles. The van der Waals surface area contributed by atoms with Gasteiger partial charge in [0.2, 0.25) is 5.91 Å². The van der Waals surface area contributed by atoms with E-state index in [1.54, 1.807) is 0 Å². The summed E-state index contributed by atoms with van der Waals surface area (Å²) >= 11 is 0. The molecule has 1 aliphatic rings. The molecule has 1 aromatic rings. The third-order valence-corrected chi connectivity index (χ3v) is 3.50. The Kier molecular flexibility index (Phi) is 3.73. The van der Waals surface area contributed by atoms with E-state index >= 15 is 0 Å². The maximum absolute atomic E-state index is 12.1. The van der Waals surface area contributed by atoms with Crippen LogP contribution >= 0.6 is 0 Å². The lowest BCUT2D eigenvalue weighted by Crippen LogP contribution is -2.33. The highest BCUT2D eigenvalue weighted by Crippen LogP contribution is 2.34. The number of likely N-dealkylation sites (tertiary alicyclic amines) is 1. The molecule has 0 saturated carbocycles. The fraction of sp³-hybridized carbons (Fsp3) is 0.714. The number of carbonyl (C=O) groups excluding carboxylic acids is 1. The van der Waals surface area contributed by atoms with Crippen LogP contribution in [0.4, 0.5) is 0 Å². The lowest BCUT2D eigenvalue weighted by Gasteiger charge is -2.24. The summed E-state index contributed by atoms with van der Waals surface area (Å²) in [6.07, 6.45) is 2.02. The van der Waals surface area contributed by atoms with E-state index in [-0.39, 0.29) is 17.9 Å². The molecular weight excluding hydrogens is 228 g/mol. The molecular formula is C14H22N2O2. The molecule has 1 unspecified atom stereocenters. The summed E-state index contributed by atoms with van der Waals surface area (Å²) in [6.45, 7) is 8.90. The summed E-state index contributed by atoms with van der Waals surface area (Å²) in [5.74, 6) is 1.45. The zero-order chi connectivity index (χ0) is 13.3. The Morgan fingerprint density at radius 3 is 2.72 bits per heavy atom. The van der Waals surface area contributed by atoms with E-state index < -0.39 is 0 Å². The number of hydrogen-bond donors (Lipinski definition) is 0. The van der Waals surface area contributed by atoms with Gasteiger partial charge in [-0.2, -0.15) is 0 Å². The van der Waals surface area contributed by atoms with Crippen LogP contribution in [-0.4, -0.2) is 22.5 Å². The lowest BCUT2D eigenvalue weighted by molar-refractivity contribution is -0.135. The topological polar surface area (TPSA) is 46.3 Å². The molecule has 0 aromatic carbocycles. The first-order valence-electron chi connectivity index (χ1n) is 6.77. The van der Waals surface area contributed by atoms with Gasteiger partial charge in [-0.1, -0.05) is 32.9 Å². The van der Waals surface area contributed by atoms with Crippen molar-refractivity contribution in [3.8, 4) is 0 Å². The summed E-state index contributed by atoms with van der Waals surface area (Å²) in [6, 6.07) is 2.08. The monoisotopic (exact) mass is 250 g/mol. The van der Waals surface area contributed by atoms with Gasteiger partial charge >= 0.3 is 0 Å². The van der Waals surface area contributed by atoms with E-state index in [0.717, 1.165) is 30.8 Å². The number of hydrogen-bond acceptors (Lipinski definition) is 3. The van der Waals surface area contributed by atoms with Gasteiger partial charge in [0.1, 0.15) is 0 Å². The second kappa shape index (κ2) is 5.12. The van der Waals surface area contributed by atoms with Gasteiger partial charge in [0.05, 0.1) is 11.7 Å². The minimum atomic E-state index is 0.0399. The predicted octanol–water partition coefficient (Wildman–Crippen LogP) is 3.12. The molecule has 0 spiro atoms. The van der Waals surface area contributed by atoms with Crippen LogP contribution in [0.25, 0.3) is 0 Å². The quantitative estimate of drug-likeness (QED) is 0.828. The molecule has 2 heterocycles. The van der Waals surface area contributed by atoms with Crippen LogP contribution in [0.15, 0.2) is 10.6 Å². The SMILES string of the molecule is CC(C)C(=O)N1CCCC1c1cc(C(C)C)no1. The fourth-order valence-electron chi connectivity index (χ4n) is 2.39. The van der Waals surface area contributed by atoms with Crippen LogP contribution in [0, 0.1) is 5.92 Å². The summed E-state index contributed by atoms with van der Waals surface area (Å²) < 4.78 is 5.43. The zero-order valence-corrected chi connectivity index (χ0v) is 11.6. The Bertz CT molecular complexity index is 423. The Morgan fingerprint density at radius 2 is 2.17 bits per heavy atom. The van der Waals surface area contributed by atoms with Crippen LogP contribution in [0.3, 0.4) is 0 Å². The van der Waals surface area contributed by atoms with Crippen LogP contribution in [0.1, 0.15) is 64.0 Å². The van der Waals surface area contributed by atoms with Crippen LogP contribution < -0.4 is 0 Å². The highest BCUT2D eigenvalue weighted by molar-refractivity contribution is 5.78. The molecule has 4 heteroatoms. The first kappa shape index (κ1) is 13.1. The Hall–Kier alpha value is -1.32. The third-order valence-electron chi connectivity index (χ3n) is 3.50. The molecule has 2 rings (SSSR count). The number of rotatable bonds is 3. The van der Waals surface area contributed by atoms with Crippen molar-refractivity contribution in [3.05, 3.63) is 17.5 Å². The molecule has 1 saturated heterocycles. The van der Waals surface area contributed by atoms with Gasteiger partial charge in [-0.25, -0.2) is 0 Å². The third kappa shape index (κ3) is 2.42. The first-order chi connectivity index (χ1) is 8.50. The average Bonchev–Trinajstić information content (AvgIpc) is 2.96. The molecule has 0 aliphatic carbocycles. The summed E-state index contributed by atoms with van der Waals surface area (Å²) in [4.78, 5) is 14.1. The summed E-state index contributed by atoms with van der Waals surface area (Å²) in [7, 11) is 0. The van der Waals surface area contributed by atoms with Crippen molar-refractivity contribution in [1.29, 1.82) is 0 Å². The first-order valence-corrected chi connectivity index (χ1v) is 6.77. The predicted molar refractivity (Wildman–Crippen MR) is 69.1 cm³/mol. The number of aromatic nitrogens is 1. The van der Waals surface area contributed by atoms with E-state index in [0.29, 0.717) is 5.92 Å². The Balaban J connectivity index is 2.18. The van der Waals surface area contributed by atoms with E-state index in [2.05, 4.69) is 19.0 Å². The average molecular weight is 250 g/mol. The maximum Gasteiger partial charge on any atom is 0.225 e. The van der Waals surface area contributed by atoms with Crippen LogP contribution in [-0.2, 0) is 4.79 Å². The highest BCUT2D eigenvalue weighted by atomic mass is 16.5. The van der Waals surface area contributed by atoms with Crippen LogP contribution in [0.5, 0.6) is 0 Å². The number of amides is 1. The normalized spacial score (nSPS) is 20.1. The molecule has 1 fully saturated rings. The molecule has 4 nitrogen and oxygen atoms in total. The minimum Gasteiger partial charge on any atom is -0.359 e. The van der Waals surface area contributed by atoms with Gasteiger partial charge in [-0.15, -0.1) is 0 Å². The van der Waals surface area contributed by atoms with Gasteiger partial charge in [-0.05, 0) is 18.8 Å². The fourth-order valence-corrected chi connectivity index (χ4v) is 2.39. The van der Waals surface area contributed by atoms with Gasteiger partial charge in [-0.3, -0.25) is 4.79 Å². The molecule has 0 radical (unpaired) electrons. The van der Waals surface area contributed by atoms with Crippen molar-refractivity contribution >= 4 is 5.91 Å². The molecule has 0 bridgehead atoms. The van der Waals surface area contributed by atoms with Crippen molar-refractivity contribution in [1.82, 2.24) is 10.1 Å². The van der Waals surface area contributed by atoms with E-state index in [4.69, 9.17) is 4.52 Å². The highest BCUT2D eigenvalue weighted by Gasteiger charge is 2.33. The summed E-state index contributed by atoms with van der Waals surface area (Å²) in [5, 5.41) is 4.09. The Labute approximate surface area is 108 Å². The van der Waals surface area contributed by atoms with Crippen molar-refractivity contribution in [2.24, 2.45) is 5.92 Å². The molecule has 1 aromatic heterocycles. The molecule has 1 atom stereocenters. The van der Waals surface area contributed by atoms with E-state index in [9.17, 15) is 4.79 Å². The maximum atomic E-state index is 12.1. The lowest BCUT2D eigenvalue weighted by atomic mass is 10.1. The summed E-state index contributed by atoms with van der Waals surface area (Å²) in [5.41, 5.74) is 0.967. The molecule has 1 amide bonds. The van der Waals surface area contributed by atoms with E-state index in [1.807, 2.05) is 24.8 Å². The zero-order valence-electron chi connectivity index (χ0n) is 11.6. The van der Waals surface area contributed by atoms with Gasteiger partial charge in [0.15, 0.2) is 5.76 Å².